The first-order valence-corrected chi connectivity index (χ1v) is 10.1. The molecule has 1 aromatic heterocycles. The minimum Gasteiger partial charge on any atom is -0.722 e. The number of hydrogen-bond acceptors (Lipinski definition) is 4. The smallest absolute Gasteiger partial charge is 0.416 e. The zero-order valence-electron chi connectivity index (χ0n) is 16.2. The lowest BCUT2D eigenvalue weighted by Crippen LogP contribution is -2.27. The average molecular weight is 478 g/mol. The van der Waals surface area contributed by atoms with Crippen LogP contribution in [0, 0.1) is 0 Å². The molecule has 0 aliphatic rings. The van der Waals surface area contributed by atoms with E-state index >= 15 is 0 Å². The Balaban J connectivity index is 0.000000614. The van der Waals surface area contributed by atoms with Crippen LogP contribution < -0.4 is 9.30 Å². The predicted octanol–water partition coefficient (Wildman–Crippen LogP) is 4.94. The topological polar surface area (TPSA) is 70.3 Å². The molecule has 0 saturated heterocycles. The van der Waals surface area contributed by atoms with Gasteiger partial charge in [0.05, 0.1) is 23.8 Å². The van der Waals surface area contributed by atoms with Crippen molar-refractivity contribution in [1.29, 1.82) is 0 Å². The Morgan fingerprint density at radius 1 is 1.00 bits per heavy atom. The summed E-state index contributed by atoms with van der Waals surface area (Å²) in [6, 6.07) is 12.4. The number of methoxy groups -OCH3 is 1. The molecule has 2 aromatic carbocycles. The summed E-state index contributed by atoms with van der Waals surface area (Å²) >= 11 is 5.95. The Bertz CT molecular complexity index is 1160. The number of halogens is 5. The van der Waals surface area contributed by atoms with Gasteiger partial charge < -0.3 is 9.29 Å². The van der Waals surface area contributed by atoms with E-state index in [-0.39, 0.29) is 0 Å². The van der Waals surface area contributed by atoms with E-state index < -0.39 is 22.2 Å². The number of aryl methyl sites for hydroxylation is 1. The van der Waals surface area contributed by atoms with Crippen LogP contribution in [0.4, 0.5) is 17.1 Å². The first kappa shape index (κ1) is 24.6. The third-order valence-corrected chi connectivity index (χ3v) is 4.27. The molecule has 0 bridgehead atoms. The highest BCUT2D eigenvalue weighted by Gasteiger charge is 2.31. The van der Waals surface area contributed by atoms with Crippen LogP contribution in [0.1, 0.15) is 5.56 Å². The number of benzene rings is 2. The Kier molecular flexibility index (Phi) is 7.63. The quantitative estimate of drug-likeness (QED) is 0.232. The molecule has 0 aliphatic carbocycles. The average Bonchev–Trinajstić information content (AvgIpc) is 2.66. The fourth-order valence-electron chi connectivity index (χ4n) is 2.83. The molecule has 0 spiro atoms. The van der Waals surface area contributed by atoms with Gasteiger partial charge in [-0.2, -0.15) is 13.2 Å². The second-order valence-corrected chi connectivity index (χ2v) is 7.49. The van der Waals surface area contributed by atoms with E-state index in [1.807, 2.05) is 25.4 Å². The molecule has 31 heavy (non-hydrogen) atoms. The highest BCUT2D eigenvalue weighted by Crippen LogP contribution is 2.39. The minimum absolute atomic E-state index is 0.433. The van der Waals surface area contributed by atoms with Gasteiger partial charge in [-0.15, -0.1) is 3.89 Å². The Labute approximate surface area is 181 Å². The lowest BCUT2D eigenvalue weighted by atomic mass is 9.98. The van der Waals surface area contributed by atoms with Gasteiger partial charge in [0.25, 0.3) is 10.5 Å². The maximum absolute atomic E-state index is 13.1. The van der Waals surface area contributed by atoms with Crippen molar-refractivity contribution < 1.29 is 39.3 Å². The molecule has 1 heterocycles. The van der Waals surface area contributed by atoms with Gasteiger partial charge in [-0.1, -0.05) is 35.9 Å². The molecule has 3 rings (SSSR count). The predicted molar refractivity (Wildman–Crippen MR) is 106 cm³/mol. The van der Waals surface area contributed by atoms with E-state index in [0.717, 1.165) is 23.3 Å². The molecule has 0 atom stereocenters. The van der Waals surface area contributed by atoms with Gasteiger partial charge in [-0.3, -0.25) is 0 Å². The Hall–Kier alpha value is -2.69. The lowest BCUT2D eigenvalue weighted by Gasteiger charge is -2.14. The number of alkyl halides is 3. The van der Waals surface area contributed by atoms with Crippen molar-refractivity contribution in [3.63, 3.8) is 0 Å². The standard InChI is InChI=1S/C20H16ClF3NO.FHO3S/c1-25-11-17(13-6-8-16(21)9-7-13)19(26-2)18(12-25)14-4-3-5-15(10-14)20(22,23)24;1-5(2,3)4/h3-12H,1-2H3;(H,2,3,4)/q+1;/p-1. The normalized spacial score (nSPS) is 11.5. The van der Waals surface area contributed by atoms with E-state index in [9.17, 15) is 17.1 Å². The van der Waals surface area contributed by atoms with E-state index in [0.29, 0.717) is 21.9 Å². The van der Waals surface area contributed by atoms with Crippen LogP contribution in [-0.2, 0) is 23.7 Å². The van der Waals surface area contributed by atoms with E-state index in [1.54, 1.807) is 29.0 Å². The van der Waals surface area contributed by atoms with E-state index in [4.69, 9.17) is 29.3 Å². The summed E-state index contributed by atoms with van der Waals surface area (Å²) < 4.78 is 81.9. The summed E-state index contributed by atoms with van der Waals surface area (Å²) in [5, 5.41) is 0.603. The molecule has 166 valence electrons. The number of hydrogen-bond donors (Lipinski definition) is 0. The van der Waals surface area contributed by atoms with Crippen molar-refractivity contribution >= 4 is 22.1 Å². The second-order valence-electron chi connectivity index (χ2n) is 6.26. The zero-order valence-corrected chi connectivity index (χ0v) is 17.7. The second kappa shape index (κ2) is 9.63. The van der Waals surface area contributed by atoms with Crippen molar-refractivity contribution in [2.24, 2.45) is 7.05 Å². The monoisotopic (exact) mass is 477 g/mol. The molecule has 0 unspecified atom stereocenters. The van der Waals surface area contributed by atoms with Crippen molar-refractivity contribution in [2.45, 2.75) is 6.18 Å². The molecule has 0 radical (unpaired) electrons. The van der Waals surface area contributed by atoms with Crippen LogP contribution in [-0.4, -0.2) is 20.1 Å². The summed E-state index contributed by atoms with van der Waals surface area (Å²) in [5.74, 6) is 0.504. The van der Waals surface area contributed by atoms with Gasteiger partial charge in [0.15, 0.2) is 12.4 Å². The molecule has 11 heteroatoms. The fraction of sp³-hybridized carbons (Fsp3) is 0.150. The number of aromatic nitrogens is 1. The maximum Gasteiger partial charge on any atom is 0.416 e. The third-order valence-electron chi connectivity index (χ3n) is 4.01. The number of nitrogens with zero attached hydrogens (tertiary/aromatic N) is 1. The number of rotatable bonds is 3. The highest BCUT2D eigenvalue weighted by molar-refractivity contribution is 7.80. The van der Waals surface area contributed by atoms with Crippen LogP contribution in [0.15, 0.2) is 60.9 Å². The molecule has 3 aromatic rings. The molecule has 0 fully saturated rings. The Morgan fingerprint density at radius 3 is 2.00 bits per heavy atom. The fourth-order valence-corrected chi connectivity index (χ4v) is 2.96. The van der Waals surface area contributed by atoms with Crippen molar-refractivity contribution in [3.8, 4) is 28.0 Å². The van der Waals surface area contributed by atoms with Gasteiger partial charge in [0, 0.05) is 5.02 Å². The largest absolute Gasteiger partial charge is 0.722 e. The molecule has 0 saturated carbocycles. The van der Waals surface area contributed by atoms with E-state index in [2.05, 4.69) is 0 Å². The molecule has 0 aliphatic heterocycles. The van der Waals surface area contributed by atoms with Gasteiger partial charge in [-0.05, 0) is 35.4 Å². The maximum atomic E-state index is 13.1. The number of pyridine rings is 1. The van der Waals surface area contributed by atoms with Gasteiger partial charge >= 0.3 is 6.18 Å². The molecule has 0 amide bonds. The van der Waals surface area contributed by atoms with Crippen LogP contribution in [0.3, 0.4) is 0 Å². The summed E-state index contributed by atoms with van der Waals surface area (Å²) in [6.07, 6.45) is -0.799. The van der Waals surface area contributed by atoms with Gasteiger partial charge in [0.2, 0.25) is 0 Å². The first-order valence-electron chi connectivity index (χ1n) is 8.46. The molecular weight excluding hydrogens is 462 g/mol. The van der Waals surface area contributed by atoms with Crippen LogP contribution in [0.25, 0.3) is 22.3 Å². The lowest BCUT2D eigenvalue weighted by molar-refractivity contribution is -0.670. The third kappa shape index (κ3) is 7.20. The van der Waals surface area contributed by atoms with Crippen LogP contribution in [0.2, 0.25) is 5.02 Å². The molecule has 0 N–H and O–H groups in total. The van der Waals surface area contributed by atoms with Crippen molar-refractivity contribution in [2.75, 3.05) is 7.11 Å². The minimum atomic E-state index is -5.42. The Morgan fingerprint density at radius 2 is 1.52 bits per heavy atom. The summed E-state index contributed by atoms with van der Waals surface area (Å²) in [6.45, 7) is 0. The molecule has 5 nitrogen and oxygen atoms in total. The summed E-state index contributed by atoms with van der Waals surface area (Å²) in [7, 11) is -2.10. The first-order chi connectivity index (χ1) is 14.3. The van der Waals surface area contributed by atoms with Gasteiger partial charge in [0.1, 0.15) is 12.8 Å². The molecular formula is C20H16ClF4NO4S. The van der Waals surface area contributed by atoms with Crippen molar-refractivity contribution in [1.82, 2.24) is 0 Å². The SMILES string of the molecule is COc1c(-c2ccc(Cl)cc2)c[n+](C)cc1-c1cccc(C(F)(F)F)c1.O=S(=O)([O-])F. The van der Waals surface area contributed by atoms with Crippen molar-refractivity contribution in [3.05, 3.63) is 71.5 Å². The number of ether oxygens (including phenoxy) is 1. The van der Waals surface area contributed by atoms with Crippen LogP contribution >= 0.6 is 11.6 Å². The van der Waals surface area contributed by atoms with Crippen LogP contribution in [0.5, 0.6) is 5.75 Å². The summed E-state index contributed by atoms with van der Waals surface area (Å²) in [4.78, 5) is 0. The van der Waals surface area contributed by atoms with Gasteiger partial charge in [-0.25, -0.2) is 13.0 Å². The zero-order chi connectivity index (χ0) is 23.4. The summed E-state index contributed by atoms with van der Waals surface area (Å²) in [5.41, 5.74) is 1.94. The highest BCUT2D eigenvalue weighted by atomic mass is 35.5. The van der Waals surface area contributed by atoms with E-state index in [1.165, 1.54) is 13.2 Å².